The molecular weight excluding hydrogens is 272 g/mol. The van der Waals surface area contributed by atoms with Crippen molar-refractivity contribution in [3.05, 3.63) is 65.0 Å². The molecular formula is C19H20N2O. The van der Waals surface area contributed by atoms with Gasteiger partial charge in [0.25, 0.3) is 0 Å². The number of hydrogen-bond donors (Lipinski definition) is 0. The molecule has 2 aromatic rings. The first-order valence-electron chi connectivity index (χ1n) is 8.09. The summed E-state index contributed by atoms with van der Waals surface area (Å²) >= 11 is 0. The predicted molar refractivity (Wildman–Crippen MR) is 85.5 cm³/mol. The highest BCUT2D eigenvalue weighted by Crippen LogP contribution is 2.35. The van der Waals surface area contributed by atoms with Crippen LogP contribution in [0.1, 0.15) is 41.1 Å². The third-order valence-electron chi connectivity index (χ3n) is 5.00. The third kappa shape index (κ3) is 2.41. The van der Waals surface area contributed by atoms with Crippen molar-refractivity contribution in [2.24, 2.45) is 0 Å². The molecule has 0 radical (unpaired) electrons. The average molecular weight is 292 g/mol. The Morgan fingerprint density at radius 3 is 2.95 bits per heavy atom. The zero-order chi connectivity index (χ0) is 14.9. The van der Waals surface area contributed by atoms with Crippen LogP contribution in [0.5, 0.6) is 0 Å². The van der Waals surface area contributed by atoms with Crippen molar-refractivity contribution in [3.63, 3.8) is 0 Å². The van der Waals surface area contributed by atoms with Crippen molar-refractivity contribution < 1.29 is 4.79 Å². The number of nitrogens with zero attached hydrogens (tertiary/aromatic N) is 2. The molecule has 3 heteroatoms. The minimum Gasteiger partial charge on any atom is -0.338 e. The standard InChI is InChI=1S/C19H20N2O/c22-19(12-15-8-7-14-4-1-2-6-17(14)15)21-11-9-18-16(13-21)5-3-10-20-18/h1-6,10,15H,7-9,11-13H2/t15-/m1/s1. The molecule has 2 aliphatic rings. The number of fused-ring (bicyclic) bond motifs is 2. The first-order valence-corrected chi connectivity index (χ1v) is 8.09. The molecule has 1 aromatic carbocycles. The average Bonchev–Trinajstić information content (AvgIpc) is 2.97. The van der Waals surface area contributed by atoms with Gasteiger partial charge in [-0.2, -0.15) is 0 Å². The first kappa shape index (κ1) is 13.5. The van der Waals surface area contributed by atoms with Crippen LogP contribution in [0.2, 0.25) is 0 Å². The van der Waals surface area contributed by atoms with Crippen LogP contribution >= 0.6 is 0 Å². The number of aryl methyl sites for hydroxylation is 1. The van der Waals surface area contributed by atoms with Crippen LogP contribution in [0.15, 0.2) is 42.6 Å². The Morgan fingerprint density at radius 2 is 2.00 bits per heavy atom. The molecule has 0 N–H and O–H groups in total. The Bertz CT molecular complexity index is 710. The molecule has 1 aromatic heterocycles. The maximum Gasteiger partial charge on any atom is 0.223 e. The Morgan fingerprint density at radius 1 is 1.14 bits per heavy atom. The number of carbonyl (C=O) groups excluding carboxylic acids is 1. The molecule has 1 atom stereocenters. The number of aromatic nitrogens is 1. The number of hydrogen-bond acceptors (Lipinski definition) is 2. The van der Waals surface area contributed by atoms with E-state index in [-0.39, 0.29) is 5.91 Å². The van der Waals surface area contributed by atoms with Crippen molar-refractivity contribution in [1.82, 2.24) is 9.88 Å². The number of rotatable bonds is 2. The van der Waals surface area contributed by atoms with Gasteiger partial charge in [0, 0.05) is 37.8 Å². The molecule has 1 aliphatic carbocycles. The zero-order valence-electron chi connectivity index (χ0n) is 12.7. The van der Waals surface area contributed by atoms with Crippen LogP contribution in [0.25, 0.3) is 0 Å². The molecule has 0 saturated heterocycles. The summed E-state index contributed by atoms with van der Waals surface area (Å²) in [5, 5.41) is 0. The fraction of sp³-hybridized carbons (Fsp3) is 0.368. The van der Waals surface area contributed by atoms with E-state index in [4.69, 9.17) is 0 Å². The topological polar surface area (TPSA) is 33.2 Å². The van der Waals surface area contributed by atoms with Gasteiger partial charge in [-0.25, -0.2) is 0 Å². The van der Waals surface area contributed by atoms with E-state index in [1.807, 2.05) is 17.2 Å². The maximum absolute atomic E-state index is 12.7. The molecule has 0 saturated carbocycles. The maximum atomic E-state index is 12.7. The SMILES string of the molecule is O=C(C[C@H]1CCc2ccccc21)N1CCc2ncccc2C1. The van der Waals surface area contributed by atoms with Gasteiger partial charge < -0.3 is 4.90 Å². The van der Waals surface area contributed by atoms with E-state index in [9.17, 15) is 4.79 Å². The predicted octanol–water partition coefficient (Wildman–Crippen LogP) is 3.09. The highest BCUT2D eigenvalue weighted by Gasteiger charge is 2.28. The highest BCUT2D eigenvalue weighted by molar-refractivity contribution is 5.77. The van der Waals surface area contributed by atoms with Crippen LogP contribution in [-0.2, 0) is 24.2 Å². The van der Waals surface area contributed by atoms with E-state index < -0.39 is 0 Å². The molecule has 4 rings (SSSR count). The second kappa shape index (κ2) is 5.56. The van der Waals surface area contributed by atoms with Crippen molar-refractivity contribution in [2.45, 2.75) is 38.1 Å². The van der Waals surface area contributed by atoms with Gasteiger partial charge in [0.05, 0.1) is 0 Å². The van der Waals surface area contributed by atoms with Gasteiger partial charge in [0.15, 0.2) is 0 Å². The molecule has 0 unspecified atom stereocenters. The van der Waals surface area contributed by atoms with E-state index >= 15 is 0 Å². The van der Waals surface area contributed by atoms with E-state index in [1.54, 1.807) is 0 Å². The van der Waals surface area contributed by atoms with Crippen LogP contribution in [-0.4, -0.2) is 22.3 Å². The third-order valence-corrected chi connectivity index (χ3v) is 5.00. The highest BCUT2D eigenvalue weighted by atomic mass is 16.2. The molecule has 1 amide bonds. The summed E-state index contributed by atoms with van der Waals surface area (Å²) in [6.45, 7) is 1.52. The number of amides is 1. The van der Waals surface area contributed by atoms with Crippen LogP contribution < -0.4 is 0 Å². The van der Waals surface area contributed by atoms with Gasteiger partial charge >= 0.3 is 0 Å². The van der Waals surface area contributed by atoms with Gasteiger partial charge in [-0.15, -0.1) is 0 Å². The van der Waals surface area contributed by atoms with E-state index in [1.165, 1.54) is 16.7 Å². The normalized spacial score (nSPS) is 19.6. The van der Waals surface area contributed by atoms with Gasteiger partial charge in [-0.05, 0) is 41.5 Å². The molecule has 2 heterocycles. The summed E-state index contributed by atoms with van der Waals surface area (Å²) in [4.78, 5) is 19.1. The summed E-state index contributed by atoms with van der Waals surface area (Å²) in [6.07, 6.45) is 5.58. The van der Waals surface area contributed by atoms with Crippen LogP contribution in [0.4, 0.5) is 0 Å². The lowest BCUT2D eigenvalue weighted by Gasteiger charge is -2.29. The summed E-state index contributed by atoms with van der Waals surface area (Å²) < 4.78 is 0. The van der Waals surface area contributed by atoms with Gasteiger partial charge in [-0.1, -0.05) is 30.3 Å². The van der Waals surface area contributed by atoms with Gasteiger partial charge in [0.1, 0.15) is 0 Å². The fourth-order valence-corrected chi connectivity index (χ4v) is 3.78. The number of benzene rings is 1. The minimum atomic E-state index is 0.288. The lowest BCUT2D eigenvalue weighted by atomic mass is 9.96. The number of carbonyl (C=O) groups is 1. The summed E-state index contributed by atoms with van der Waals surface area (Å²) in [6, 6.07) is 12.6. The minimum absolute atomic E-state index is 0.288. The van der Waals surface area contributed by atoms with Crippen LogP contribution in [0, 0.1) is 0 Å². The Balaban J connectivity index is 1.46. The lowest BCUT2D eigenvalue weighted by molar-refractivity contribution is -0.132. The fourth-order valence-electron chi connectivity index (χ4n) is 3.78. The van der Waals surface area contributed by atoms with E-state index in [0.29, 0.717) is 12.3 Å². The Hall–Kier alpha value is -2.16. The molecule has 22 heavy (non-hydrogen) atoms. The largest absolute Gasteiger partial charge is 0.338 e. The van der Waals surface area contributed by atoms with Crippen molar-refractivity contribution in [1.29, 1.82) is 0 Å². The summed E-state index contributed by atoms with van der Waals surface area (Å²) in [7, 11) is 0. The second-order valence-electron chi connectivity index (χ2n) is 6.31. The lowest BCUT2D eigenvalue weighted by Crippen LogP contribution is -2.36. The molecule has 3 nitrogen and oxygen atoms in total. The van der Waals surface area contributed by atoms with Crippen molar-refractivity contribution in [2.75, 3.05) is 6.54 Å². The number of pyridine rings is 1. The molecule has 1 aliphatic heterocycles. The van der Waals surface area contributed by atoms with Gasteiger partial charge in [0.2, 0.25) is 5.91 Å². The van der Waals surface area contributed by atoms with Crippen LogP contribution in [0.3, 0.4) is 0 Å². The summed E-state index contributed by atoms with van der Waals surface area (Å²) in [5.41, 5.74) is 5.16. The van der Waals surface area contributed by atoms with E-state index in [2.05, 4.69) is 35.3 Å². The quantitative estimate of drug-likeness (QED) is 0.852. The Kier molecular flexibility index (Phi) is 3.41. The van der Waals surface area contributed by atoms with Crippen molar-refractivity contribution in [3.8, 4) is 0 Å². The van der Waals surface area contributed by atoms with Gasteiger partial charge in [-0.3, -0.25) is 9.78 Å². The second-order valence-corrected chi connectivity index (χ2v) is 6.31. The first-order chi connectivity index (χ1) is 10.8. The smallest absolute Gasteiger partial charge is 0.223 e. The zero-order valence-corrected chi connectivity index (χ0v) is 12.7. The molecule has 112 valence electrons. The van der Waals surface area contributed by atoms with E-state index in [0.717, 1.165) is 38.0 Å². The van der Waals surface area contributed by atoms with Crippen molar-refractivity contribution >= 4 is 5.91 Å². The molecule has 0 bridgehead atoms. The molecule has 0 spiro atoms. The monoisotopic (exact) mass is 292 g/mol. The summed E-state index contributed by atoms with van der Waals surface area (Å²) in [5.74, 6) is 0.690. The Labute approximate surface area is 131 Å². The molecule has 0 fully saturated rings.